The second-order valence-corrected chi connectivity index (χ2v) is 14.9. The molecule has 1 fully saturated rings. The van der Waals surface area contributed by atoms with Gasteiger partial charge in [0.15, 0.2) is 11.6 Å². The number of hydrogen-bond donors (Lipinski definition) is 3. The molecule has 270 valence electrons. The number of rotatable bonds is 7. The number of benzene rings is 2. The van der Waals surface area contributed by atoms with E-state index in [4.69, 9.17) is 21.3 Å². The van der Waals surface area contributed by atoms with Gasteiger partial charge in [-0.2, -0.15) is 0 Å². The van der Waals surface area contributed by atoms with Crippen molar-refractivity contribution in [1.29, 1.82) is 0 Å². The van der Waals surface area contributed by atoms with Crippen LogP contribution in [0.15, 0.2) is 60.9 Å². The highest BCUT2D eigenvalue weighted by Gasteiger charge is 2.30. The number of nitrogens with one attached hydrogen (secondary N) is 2. The molecule has 5 heterocycles. The number of fused-ring (bicyclic) bond motifs is 2. The van der Waals surface area contributed by atoms with Crippen molar-refractivity contribution in [3.63, 3.8) is 0 Å². The van der Waals surface area contributed by atoms with Crippen LogP contribution < -0.4 is 10.6 Å². The van der Waals surface area contributed by atoms with Crippen LogP contribution in [0.5, 0.6) is 0 Å². The maximum absolute atomic E-state index is 13.6. The number of β-amino-alcohol motifs (C(OH)–C–C–N with tert-alkyl or cyclic N) is 1. The van der Waals surface area contributed by atoms with Crippen molar-refractivity contribution >= 4 is 51.7 Å². The zero-order valence-corrected chi connectivity index (χ0v) is 30.8. The molecule has 1 saturated heterocycles. The molecule has 12 nitrogen and oxygen atoms in total. The van der Waals surface area contributed by atoms with Crippen molar-refractivity contribution in [3.05, 3.63) is 94.3 Å². The Bertz CT molecular complexity index is 2180. The molecule has 3 N–H and O–H groups in total. The number of halogens is 1. The van der Waals surface area contributed by atoms with Crippen LogP contribution in [0.25, 0.3) is 22.0 Å². The summed E-state index contributed by atoms with van der Waals surface area (Å²) < 4.78 is 7.35. The molecule has 3 aromatic heterocycles. The molecule has 52 heavy (non-hydrogen) atoms. The second kappa shape index (κ2) is 14.2. The summed E-state index contributed by atoms with van der Waals surface area (Å²) in [5, 5.41) is 17.8. The first-order valence-corrected chi connectivity index (χ1v) is 17.9. The van der Waals surface area contributed by atoms with Crippen molar-refractivity contribution in [2.24, 2.45) is 7.05 Å². The molecule has 0 aliphatic carbocycles. The lowest BCUT2D eigenvalue weighted by molar-refractivity contribution is 0.0220. The quantitative estimate of drug-likeness (QED) is 0.165. The molecule has 0 bridgehead atoms. The molecule has 5 aromatic rings. The molecule has 0 unspecified atom stereocenters. The van der Waals surface area contributed by atoms with Crippen molar-refractivity contribution in [3.8, 4) is 11.1 Å². The number of carbonyl (C=O) groups is 2. The van der Waals surface area contributed by atoms with Gasteiger partial charge < -0.3 is 29.9 Å². The standard InChI is InChI=1S/C39H43ClN8O4/c1-23-27(8-6-10-29(23)45-37(50)36-44-31-22-48(17-14-32(31)46(36)5)38(51)52-39(2,3)4)28-9-7-11-30(33(28)40)43-35-34-25(12-15-41-35)18-24(19-42-34)20-47-16-13-26(49)21-47/h6-12,15,18-19,26,49H,13-14,16-17,20-22H2,1-5H3,(H,41,43)(H,45,50)/t26-/m1/s1. The van der Waals surface area contributed by atoms with E-state index in [1.807, 2.05) is 83.4 Å². The van der Waals surface area contributed by atoms with Gasteiger partial charge in [0.05, 0.1) is 29.1 Å². The van der Waals surface area contributed by atoms with E-state index in [0.717, 1.165) is 58.4 Å². The summed E-state index contributed by atoms with van der Waals surface area (Å²) in [6.45, 7) is 10.5. The fourth-order valence-electron chi connectivity index (χ4n) is 6.92. The van der Waals surface area contributed by atoms with E-state index in [2.05, 4.69) is 31.6 Å². The predicted octanol–water partition coefficient (Wildman–Crippen LogP) is 6.85. The van der Waals surface area contributed by atoms with Crippen molar-refractivity contribution in [2.45, 2.75) is 65.3 Å². The minimum absolute atomic E-state index is 0.266. The summed E-state index contributed by atoms with van der Waals surface area (Å²) in [5.41, 5.74) is 6.60. The SMILES string of the molecule is Cc1c(NC(=O)c2nc3c(n2C)CCN(C(=O)OC(C)(C)C)C3)cccc1-c1cccc(Nc2nccc3cc(CN4CC[C@@H](O)C4)cnc23)c1Cl. The third kappa shape index (κ3) is 7.32. The predicted molar refractivity (Wildman–Crippen MR) is 202 cm³/mol. The number of imidazole rings is 1. The Kier molecular flexibility index (Phi) is 9.64. The Hall–Kier alpha value is -5.04. The van der Waals surface area contributed by atoms with Crippen molar-refractivity contribution in [1.82, 2.24) is 29.3 Å². The maximum Gasteiger partial charge on any atom is 0.410 e. The molecule has 2 aliphatic rings. The van der Waals surface area contributed by atoms with Crippen LogP contribution in [0.1, 0.15) is 60.3 Å². The molecule has 2 aromatic carbocycles. The van der Waals surface area contributed by atoms with Gasteiger partial charge in [-0.15, -0.1) is 0 Å². The number of nitrogens with zero attached hydrogens (tertiary/aromatic N) is 6. The van der Waals surface area contributed by atoms with Crippen LogP contribution in [-0.2, 0) is 31.3 Å². The number of aromatic nitrogens is 4. The van der Waals surface area contributed by atoms with Gasteiger partial charge in [-0.05, 0) is 75.1 Å². The number of likely N-dealkylation sites (tertiary alicyclic amines) is 1. The molecule has 1 atom stereocenters. The topological polar surface area (TPSA) is 138 Å². The normalized spacial score (nSPS) is 16.2. The summed E-state index contributed by atoms with van der Waals surface area (Å²) >= 11 is 7.08. The van der Waals surface area contributed by atoms with Gasteiger partial charge in [0, 0.05) is 74.4 Å². The van der Waals surface area contributed by atoms with Crippen LogP contribution in [0.4, 0.5) is 22.0 Å². The maximum atomic E-state index is 13.6. The fraction of sp³-hybridized carbons (Fsp3) is 0.359. The number of pyridine rings is 2. The number of aliphatic hydroxyl groups is 1. The largest absolute Gasteiger partial charge is 0.444 e. The molecule has 0 radical (unpaired) electrons. The third-order valence-corrected chi connectivity index (χ3v) is 9.95. The lowest BCUT2D eigenvalue weighted by atomic mass is 9.98. The fourth-order valence-corrected chi connectivity index (χ4v) is 7.19. The third-order valence-electron chi connectivity index (χ3n) is 9.54. The van der Waals surface area contributed by atoms with Gasteiger partial charge in [0.25, 0.3) is 5.91 Å². The minimum Gasteiger partial charge on any atom is -0.444 e. The van der Waals surface area contributed by atoms with E-state index in [9.17, 15) is 14.7 Å². The van der Waals surface area contributed by atoms with Gasteiger partial charge in [0.2, 0.25) is 0 Å². The molecule has 0 saturated carbocycles. The first-order valence-electron chi connectivity index (χ1n) is 17.5. The monoisotopic (exact) mass is 722 g/mol. The van der Waals surface area contributed by atoms with Crippen molar-refractivity contribution < 1.29 is 19.4 Å². The average Bonchev–Trinajstić information content (AvgIpc) is 3.67. The molecule has 13 heteroatoms. The van der Waals surface area contributed by atoms with E-state index in [0.29, 0.717) is 47.4 Å². The summed E-state index contributed by atoms with van der Waals surface area (Å²) in [6, 6.07) is 15.5. The average molecular weight is 723 g/mol. The number of hydrogen-bond acceptors (Lipinski definition) is 9. The highest BCUT2D eigenvalue weighted by Crippen LogP contribution is 2.39. The van der Waals surface area contributed by atoms with Crippen molar-refractivity contribution in [2.75, 3.05) is 30.3 Å². The molecule has 2 aliphatic heterocycles. The smallest absolute Gasteiger partial charge is 0.410 e. The van der Waals surface area contributed by atoms with E-state index in [-0.39, 0.29) is 24.4 Å². The lowest BCUT2D eigenvalue weighted by Gasteiger charge is -2.29. The highest BCUT2D eigenvalue weighted by molar-refractivity contribution is 6.36. The van der Waals surface area contributed by atoms with E-state index < -0.39 is 11.7 Å². The zero-order chi connectivity index (χ0) is 36.7. The number of carbonyl (C=O) groups excluding carboxylic acids is 2. The number of amides is 2. The summed E-state index contributed by atoms with van der Waals surface area (Å²) in [7, 11) is 1.82. The molecule has 7 rings (SSSR count). The van der Waals surface area contributed by atoms with Gasteiger partial charge in [-0.25, -0.2) is 14.8 Å². The highest BCUT2D eigenvalue weighted by atomic mass is 35.5. The lowest BCUT2D eigenvalue weighted by Crippen LogP contribution is -2.40. The van der Waals surface area contributed by atoms with E-state index in [1.165, 1.54) is 0 Å². The first kappa shape index (κ1) is 35.4. The summed E-state index contributed by atoms with van der Waals surface area (Å²) in [4.78, 5) is 44.2. The second-order valence-electron chi connectivity index (χ2n) is 14.5. The number of ether oxygens (including phenoxy) is 1. The Morgan fingerprint density at radius 3 is 2.58 bits per heavy atom. The Morgan fingerprint density at radius 2 is 1.83 bits per heavy atom. The first-order chi connectivity index (χ1) is 24.8. The van der Waals surface area contributed by atoms with E-state index >= 15 is 0 Å². The van der Waals surface area contributed by atoms with Gasteiger partial charge >= 0.3 is 6.09 Å². The van der Waals surface area contributed by atoms with Crippen LogP contribution in [0, 0.1) is 6.92 Å². The molecule has 0 spiro atoms. The molecular formula is C39H43ClN8O4. The molecule has 2 amide bonds. The Labute approximate surface area is 307 Å². The minimum atomic E-state index is -0.600. The van der Waals surface area contributed by atoms with Crippen LogP contribution in [-0.4, -0.2) is 77.8 Å². The van der Waals surface area contributed by atoms with Crippen LogP contribution in [0.3, 0.4) is 0 Å². The van der Waals surface area contributed by atoms with Gasteiger partial charge in [-0.1, -0.05) is 35.9 Å². The Balaban J connectivity index is 1.09. The number of aliphatic hydroxyl groups excluding tert-OH is 1. The van der Waals surface area contributed by atoms with Crippen LogP contribution in [0.2, 0.25) is 5.02 Å². The Morgan fingerprint density at radius 1 is 1.06 bits per heavy atom. The van der Waals surface area contributed by atoms with Crippen LogP contribution >= 0.6 is 11.6 Å². The number of anilines is 3. The molecular weight excluding hydrogens is 680 g/mol. The summed E-state index contributed by atoms with van der Waals surface area (Å²) in [6.07, 6.45) is 4.31. The van der Waals surface area contributed by atoms with Gasteiger partial charge in [-0.3, -0.25) is 14.7 Å². The van der Waals surface area contributed by atoms with Gasteiger partial charge in [0.1, 0.15) is 11.1 Å². The summed E-state index contributed by atoms with van der Waals surface area (Å²) in [5.74, 6) is 0.505. The van der Waals surface area contributed by atoms with E-state index in [1.54, 1.807) is 15.7 Å². The zero-order valence-electron chi connectivity index (χ0n) is 30.0.